The second kappa shape index (κ2) is 10.4. The Labute approximate surface area is 154 Å². The molecule has 1 aromatic rings. The van der Waals surface area contributed by atoms with Crippen LogP contribution in [0.2, 0.25) is 0 Å². The van der Waals surface area contributed by atoms with E-state index in [0.717, 1.165) is 5.56 Å². The third kappa shape index (κ3) is 6.74. The van der Waals surface area contributed by atoms with E-state index in [0.29, 0.717) is 6.42 Å². The van der Waals surface area contributed by atoms with Crippen molar-refractivity contribution in [1.82, 2.24) is 10.6 Å². The zero-order valence-electron chi connectivity index (χ0n) is 15.7. The van der Waals surface area contributed by atoms with Gasteiger partial charge in [-0.1, -0.05) is 64.4 Å². The van der Waals surface area contributed by atoms with Crippen LogP contribution in [0.5, 0.6) is 0 Å². The number of carbonyl (C=O) groups is 3. The van der Waals surface area contributed by atoms with Gasteiger partial charge >= 0.3 is 12.1 Å². The Balaban J connectivity index is 2.67. The molecule has 2 amide bonds. The van der Waals surface area contributed by atoms with Gasteiger partial charge in [-0.25, -0.2) is 9.59 Å². The molecular weight excluding hydrogens is 336 g/mol. The Morgan fingerprint density at radius 3 is 2.15 bits per heavy atom. The highest BCUT2D eigenvalue weighted by atomic mass is 16.5. The highest BCUT2D eigenvalue weighted by Crippen LogP contribution is 2.10. The molecule has 7 heteroatoms. The molecule has 0 aliphatic carbocycles. The number of benzene rings is 1. The zero-order valence-corrected chi connectivity index (χ0v) is 15.7. The van der Waals surface area contributed by atoms with Gasteiger partial charge in [0.25, 0.3) is 0 Å². The van der Waals surface area contributed by atoms with Gasteiger partial charge in [0.05, 0.1) is 0 Å². The monoisotopic (exact) mass is 364 g/mol. The van der Waals surface area contributed by atoms with E-state index in [4.69, 9.17) is 4.74 Å². The van der Waals surface area contributed by atoms with Gasteiger partial charge in [-0.05, 0) is 17.4 Å². The topological polar surface area (TPSA) is 105 Å². The van der Waals surface area contributed by atoms with Crippen molar-refractivity contribution in [3.63, 3.8) is 0 Å². The molecule has 0 saturated carbocycles. The highest BCUT2D eigenvalue weighted by molar-refractivity contribution is 5.89. The molecule has 1 aromatic carbocycles. The number of nitrogens with one attached hydrogen (secondary N) is 2. The SMILES string of the molecule is CCC(C)C(NC(=O)C(NC(=O)OCc1ccccc1)C(C)C)C(=O)O. The van der Waals surface area contributed by atoms with E-state index in [-0.39, 0.29) is 18.4 Å². The highest BCUT2D eigenvalue weighted by Gasteiger charge is 2.31. The number of ether oxygens (including phenoxy) is 1. The lowest BCUT2D eigenvalue weighted by Gasteiger charge is -2.26. The summed E-state index contributed by atoms with van der Waals surface area (Å²) >= 11 is 0. The number of carboxylic acids is 1. The first-order valence-electron chi connectivity index (χ1n) is 8.76. The second-order valence-corrected chi connectivity index (χ2v) is 6.64. The van der Waals surface area contributed by atoms with Gasteiger partial charge in [-0.2, -0.15) is 0 Å². The van der Waals surface area contributed by atoms with E-state index < -0.39 is 30.1 Å². The molecule has 3 atom stereocenters. The number of aliphatic carboxylic acids is 1. The molecule has 0 aromatic heterocycles. The van der Waals surface area contributed by atoms with E-state index in [2.05, 4.69) is 10.6 Å². The molecule has 1 rings (SSSR count). The fourth-order valence-electron chi connectivity index (χ4n) is 2.35. The predicted octanol–water partition coefficient (Wildman–Crippen LogP) is 2.55. The van der Waals surface area contributed by atoms with E-state index in [1.807, 2.05) is 37.3 Å². The van der Waals surface area contributed by atoms with Crippen LogP contribution in [0, 0.1) is 11.8 Å². The van der Waals surface area contributed by atoms with Gasteiger partial charge in [0, 0.05) is 0 Å². The molecule has 3 unspecified atom stereocenters. The van der Waals surface area contributed by atoms with Gasteiger partial charge in [0.2, 0.25) is 5.91 Å². The van der Waals surface area contributed by atoms with Crippen LogP contribution < -0.4 is 10.6 Å². The Hall–Kier alpha value is -2.57. The van der Waals surface area contributed by atoms with Crippen LogP contribution in [0.4, 0.5) is 4.79 Å². The summed E-state index contributed by atoms with van der Waals surface area (Å²) in [5, 5.41) is 14.4. The standard InChI is InChI=1S/C19H28N2O5/c1-5-13(4)16(18(23)24)20-17(22)15(12(2)3)21-19(25)26-11-14-9-7-6-8-10-14/h6-10,12-13,15-16H,5,11H2,1-4H3,(H,20,22)(H,21,25)(H,23,24). The van der Waals surface area contributed by atoms with Gasteiger partial charge in [0.15, 0.2) is 0 Å². The van der Waals surface area contributed by atoms with E-state index in [1.54, 1.807) is 20.8 Å². The summed E-state index contributed by atoms with van der Waals surface area (Å²) in [5.74, 6) is -2.09. The predicted molar refractivity (Wildman–Crippen MR) is 97.4 cm³/mol. The van der Waals surface area contributed by atoms with Gasteiger partial charge in [-0.3, -0.25) is 4.79 Å². The quantitative estimate of drug-likeness (QED) is 0.625. The molecule has 26 heavy (non-hydrogen) atoms. The molecule has 0 aliphatic heterocycles. The van der Waals surface area contributed by atoms with Crippen molar-refractivity contribution in [1.29, 1.82) is 0 Å². The molecule has 0 fully saturated rings. The van der Waals surface area contributed by atoms with Crippen molar-refractivity contribution >= 4 is 18.0 Å². The average Bonchev–Trinajstić information content (AvgIpc) is 2.61. The number of hydrogen-bond acceptors (Lipinski definition) is 4. The maximum Gasteiger partial charge on any atom is 0.408 e. The summed E-state index contributed by atoms with van der Waals surface area (Å²) in [6.07, 6.45) is -0.117. The van der Waals surface area contributed by atoms with Crippen molar-refractivity contribution in [2.45, 2.75) is 52.8 Å². The first-order chi connectivity index (χ1) is 12.3. The van der Waals surface area contributed by atoms with Crippen molar-refractivity contribution in [2.75, 3.05) is 0 Å². The number of hydrogen-bond donors (Lipinski definition) is 3. The molecule has 144 valence electrons. The Kier molecular flexibility index (Phi) is 8.61. The summed E-state index contributed by atoms with van der Waals surface area (Å²) in [6, 6.07) is 7.29. The third-order valence-corrected chi connectivity index (χ3v) is 4.21. The van der Waals surface area contributed by atoms with Gasteiger partial charge in [0.1, 0.15) is 18.7 Å². The molecule has 7 nitrogen and oxygen atoms in total. The van der Waals surface area contributed by atoms with Crippen LogP contribution >= 0.6 is 0 Å². The van der Waals surface area contributed by atoms with Crippen molar-refractivity contribution in [2.24, 2.45) is 11.8 Å². The molecule has 0 radical (unpaired) electrons. The maximum atomic E-state index is 12.5. The minimum atomic E-state index is -1.10. The Morgan fingerprint density at radius 2 is 1.65 bits per heavy atom. The molecule has 0 aliphatic rings. The van der Waals surface area contributed by atoms with Crippen LogP contribution in [0.25, 0.3) is 0 Å². The first kappa shape index (κ1) is 21.5. The van der Waals surface area contributed by atoms with Crippen LogP contribution in [0.3, 0.4) is 0 Å². The van der Waals surface area contributed by atoms with E-state index in [9.17, 15) is 19.5 Å². The summed E-state index contributed by atoms with van der Waals surface area (Å²) in [4.78, 5) is 35.9. The van der Waals surface area contributed by atoms with Crippen LogP contribution in [0.1, 0.15) is 39.7 Å². The Bertz CT molecular complexity index is 603. The molecule has 0 spiro atoms. The lowest BCUT2D eigenvalue weighted by molar-refractivity contribution is -0.143. The zero-order chi connectivity index (χ0) is 19.7. The number of carboxylic acid groups (broad SMARTS) is 1. The second-order valence-electron chi connectivity index (χ2n) is 6.64. The van der Waals surface area contributed by atoms with Crippen LogP contribution in [-0.4, -0.2) is 35.2 Å². The summed E-state index contributed by atoms with van der Waals surface area (Å²) in [5.41, 5.74) is 0.830. The normalized spacial score (nSPS) is 14.2. The van der Waals surface area contributed by atoms with E-state index >= 15 is 0 Å². The molecule has 0 heterocycles. The van der Waals surface area contributed by atoms with Crippen LogP contribution in [0.15, 0.2) is 30.3 Å². The Morgan fingerprint density at radius 1 is 1.04 bits per heavy atom. The van der Waals surface area contributed by atoms with Crippen molar-refractivity contribution in [3.8, 4) is 0 Å². The lowest BCUT2D eigenvalue weighted by atomic mass is 9.97. The fourth-order valence-corrected chi connectivity index (χ4v) is 2.35. The average molecular weight is 364 g/mol. The lowest BCUT2D eigenvalue weighted by Crippen LogP contribution is -2.55. The minimum absolute atomic E-state index is 0.0870. The van der Waals surface area contributed by atoms with Gasteiger partial charge < -0.3 is 20.5 Å². The van der Waals surface area contributed by atoms with Crippen molar-refractivity contribution < 1.29 is 24.2 Å². The van der Waals surface area contributed by atoms with Gasteiger partial charge in [-0.15, -0.1) is 0 Å². The summed E-state index contributed by atoms with van der Waals surface area (Å²) in [7, 11) is 0. The van der Waals surface area contributed by atoms with Crippen LogP contribution in [-0.2, 0) is 20.9 Å². The number of rotatable bonds is 9. The fraction of sp³-hybridized carbons (Fsp3) is 0.526. The number of amides is 2. The van der Waals surface area contributed by atoms with Crippen molar-refractivity contribution in [3.05, 3.63) is 35.9 Å². The number of alkyl carbamates (subject to hydrolysis) is 1. The smallest absolute Gasteiger partial charge is 0.408 e. The largest absolute Gasteiger partial charge is 0.480 e. The first-order valence-corrected chi connectivity index (χ1v) is 8.76. The summed E-state index contributed by atoms with van der Waals surface area (Å²) in [6.45, 7) is 7.22. The molecule has 0 bridgehead atoms. The summed E-state index contributed by atoms with van der Waals surface area (Å²) < 4.78 is 5.13. The molecule has 0 saturated heterocycles. The minimum Gasteiger partial charge on any atom is -0.480 e. The number of carbonyl (C=O) groups excluding carboxylic acids is 2. The molecular formula is C19H28N2O5. The maximum absolute atomic E-state index is 12.5. The molecule has 3 N–H and O–H groups in total. The van der Waals surface area contributed by atoms with E-state index in [1.165, 1.54) is 0 Å². The third-order valence-electron chi connectivity index (χ3n) is 4.21.